The number of nitrogens with two attached hydrogens (primary N) is 1. The molecule has 0 atom stereocenters. The monoisotopic (exact) mass is 290 g/mol. The van der Waals surface area contributed by atoms with Crippen LogP contribution in [0.2, 0.25) is 0 Å². The van der Waals surface area contributed by atoms with Gasteiger partial charge in [-0.2, -0.15) is 0 Å². The van der Waals surface area contributed by atoms with Gasteiger partial charge in [-0.05, 0) is 24.1 Å². The van der Waals surface area contributed by atoms with Crippen molar-refractivity contribution < 1.29 is 17.5 Å². The average molecular weight is 290 g/mol. The lowest BCUT2D eigenvalue weighted by molar-refractivity contribution is 0.114. The van der Waals surface area contributed by atoms with E-state index >= 15 is 0 Å². The molecule has 0 unspecified atom stereocenters. The molecule has 1 rings (SSSR count). The van der Waals surface area contributed by atoms with Crippen LogP contribution in [0.5, 0.6) is 0 Å². The molecule has 0 heterocycles. The number of nitrogen functional groups attached to an aromatic ring is 1. The number of hydrogen-bond acceptors (Lipinski definition) is 4. The fourth-order valence-electron chi connectivity index (χ4n) is 1.38. The van der Waals surface area contributed by atoms with Crippen molar-refractivity contribution in [3.8, 4) is 0 Å². The highest BCUT2D eigenvalue weighted by atomic mass is 32.2. The second-order valence-electron chi connectivity index (χ2n) is 4.56. The molecule has 19 heavy (non-hydrogen) atoms. The lowest BCUT2D eigenvalue weighted by Gasteiger charge is -2.09. The number of nitrogens with one attached hydrogen (secondary N) is 1. The minimum absolute atomic E-state index is 0.0961. The van der Waals surface area contributed by atoms with Gasteiger partial charge in [0.25, 0.3) is 0 Å². The number of sulfonamides is 1. The molecule has 0 spiro atoms. The van der Waals surface area contributed by atoms with Crippen LogP contribution in [-0.2, 0) is 14.8 Å². The lowest BCUT2D eigenvalue weighted by Crippen LogP contribution is -2.28. The molecule has 0 saturated carbocycles. The largest absolute Gasteiger partial charge is 0.399 e. The van der Waals surface area contributed by atoms with Crippen LogP contribution in [0.1, 0.15) is 13.8 Å². The van der Waals surface area contributed by atoms with Crippen molar-refractivity contribution in [1.82, 2.24) is 4.72 Å². The zero-order valence-electron chi connectivity index (χ0n) is 11.0. The summed E-state index contributed by atoms with van der Waals surface area (Å²) in [6, 6.07) is 3.46. The smallest absolute Gasteiger partial charge is 0.243 e. The van der Waals surface area contributed by atoms with E-state index in [1.54, 1.807) is 0 Å². The van der Waals surface area contributed by atoms with E-state index in [9.17, 15) is 12.8 Å². The van der Waals surface area contributed by atoms with Crippen LogP contribution in [0.25, 0.3) is 0 Å². The molecule has 1 aromatic carbocycles. The molecule has 0 saturated heterocycles. The summed E-state index contributed by atoms with van der Waals surface area (Å²) in [5, 5.41) is 0. The second kappa shape index (κ2) is 6.83. The maximum atomic E-state index is 13.5. The van der Waals surface area contributed by atoms with E-state index in [-0.39, 0.29) is 18.8 Å². The highest BCUT2D eigenvalue weighted by molar-refractivity contribution is 7.89. The molecular formula is C12H19FN2O3S. The van der Waals surface area contributed by atoms with Gasteiger partial charge >= 0.3 is 0 Å². The van der Waals surface area contributed by atoms with Crippen molar-refractivity contribution in [1.29, 1.82) is 0 Å². The molecule has 0 fully saturated rings. The van der Waals surface area contributed by atoms with Crippen LogP contribution in [0.4, 0.5) is 10.1 Å². The van der Waals surface area contributed by atoms with Gasteiger partial charge in [0, 0.05) is 18.8 Å². The third kappa shape index (κ3) is 5.14. The summed E-state index contributed by atoms with van der Waals surface area (Å²) in [5.41, 5.74) is 5.54. The van der Waals surface area contributed by atoms with Crippen molar-refractivity contribution >= 4 is 15.7 Å². The summed E-state index contributed by atoms with van der Waals surface area (Å²) in [7, 11) is -3.87. The van der Waals surface area contributed by atoms with Gasteiger partial charge in [0.05, 0.1) is 6.61 Å². The predicted octanol–water partition coefficient (Wildman–Crippen LogP) is 1.36. The summed E-state index contributed by atoms with van der Waals surface area (Å²) in [6.45, 7) is 4.88. The standard InChI is InChI=1S/C12H19FN2O3S/c1-9(2)8-18-6-5-15-19(16,17)12-4-3-10(14)7-11(12)13/h3-4,7,9,15H,5-6,8,14H2,1-2H3. The van der Waals surface area contributed by atoms with Crippen LogP contribution < -0.4 is 10.5 Å². The Bertz CT molecular complexity index is 518. The zero-order valence-corrected chi connectivity index (χ0v) is 11.8. The normalized spacial score (nSPS) is 12.0. The van der Waals surface area contributed by atoms with Gasteiger partial charge in [-0.15, -0.1) is 0 Å². The van der Waals surface area contributed by atoms with Crippen LogP contribution in [0.15, 0.2) is 23.1 Å². The fraction of sp³-hybridized carbons (Fsp3) is 0.500. The summed E-state index contributed by atoms with van der Waals surface area (Å²) in [4.78, 5) is -0.412. The van der Waals surface area contributed by atoms with E-state index in [0.29, 0.717) is 12.5 Å². The fourth-order valence-corrected chi connectivity index (χ4v) is 2.45. The topological polar surface area (TPSA) is 81.4 Å². The second-order valence-corrected chi connectivity index (χ2v) is 6.29. The van der Waals surface area contributed by atoms with Crippen LogP contribution in [0.3, 0.4) is 0 Å². The van der Waals surface area contributed by atoms with E-state index in [4.69, 9.17) is 10.5 Å². The molecule has 0 radical (unpaired) electrons. The highest BCUT2D eigenvalue weighted by Crippen LogP contribution is 2.16. The van der Waals surface area contributed by atoms with Crippen molar-refractivity contribution in [3.63, 3.8) is 0 Å². The third-order valence-electron chi connectivity index (χ3n) is 2.24. The Morgan fingerprint density at radius 1 is 1.42 bits per heavy atom. The summed E-state index contributed by atoms with van der Waals surface area (Å²) in [5.74, 6) is -0.484. The molecule has 7 heteroatoms. The molecule has 0 aromatic heterocycles. The van der Waals surface area contributed by atoms with Crippen molar-refractivity contribution in [3.05, 3.63) is 24.0 Å². The number of ether oxygens (including phenoxy) is 1. The Morgan fingerprint density at radius 3 is 2.68 bits per heavy atom. The van der Waals surface area contributed by atoms with Gasteiger partial charge in [-0.3, -0.25) is 0 Å². The zero-order chi connectivity index (χ0) is 14.5. The van der Waals surface area contributed by atoms with Crippen LogP contribution in [0, 0.1) is 11.7 Å². The van der Waals surface area contributed by atoms with E-state index in [0.717, 1.165) is 12.1 Å². The van der Waals surface area contributed by atoms with Gasteiger partial charge in [-0.1, -0.05) is 13.8 Å². The van der Waals surface area contributed by atoms with E-state index in [2.05, 4.69) is 4.72 Å². The van der Waals surface area contributed by atoms with Crippen LogP contribution in [-0.4, -0.2) is 28.2 Å². The van der Waals surface area contributed by atoms with E-state index < -0.39 is 20.7 Å². The van der Waals surface area contributed by atoms with E-state index in [1.807, 2.05) is 13.8 Å². The number of hydrogen-bond donors (Lipinski definition) is 2. The summed E-state index contributed by atoms with van der Waals surface area (Å²) in [6.07, 6.45) is 0. The van der Waals surface area contributed by atoms with E-state index in [1.165, 1.54) is 6.07 Å². The van der Waals surface area contributed by atoms with Crippen molar-refractivity contribution in [2.45, 2.75) is 18.7 Å². The molecule has 1 aromatic rings. The quantitative estimate of drug-likeness (QED) is 0.587. The molecule has 5 nitrogen and oxygen atoms in total. The number of anilines is 1. The first-order valence-corrected chi connectivity index (χ1v) is 7.43. The van der Waals surface area contributed by atoms with Crippen molar-refractivity contribution in [2.75, 3.05) is 25.5 Å². The molecule has 3 N–H and O–H groups in total. The van der Waals surface area contributed by atoms with Gasteiger partial charge < -0.3 is 10.5 Å². The average Bonchev–Trinajstić information content (AvgIpc) is 2.27. The first kappa shape index (κ1) is 15.9. The number of rotatable bonds is 7. The Morgan fingerprint density at radius 2 is 2.11 bits per heavy atom. The number of benzene rings is 1. The molecule has 0 aliphatic carbocycles. The molecule has 0 amide bonds. The third-order valence-corrected chi connectivity index (χ3v) is 3.73. The van der Waals surface area contributed by atoms with Crippen molar-refractivity contribution in [2.24, 2.45) is 5.92 Å². The maximum Gasteiger partial charge on any atom is 0.243 e. The molecule has 0 bridgehead atoms. The van der Waals surface area contributed by atoms with Gasteiger partial charge in [0.1, 0.15) is 10.7 Å². The summed E-state index contributed by atoms with van der Waals surface area (Å²) >= 11 is 0. The maximum absolute atomic E-state index is 13.5. The highest BCUT2D eigenvalue weighted by Gasteiger charge is 2.18. The van der Waals surface area contributed by atoms with Gasteiger partial charge in [0.2, 0.25) is 10.0 Å². The SMILES string of the molecule is CC(C)COCCNS(=O)(=O)c1ccc(N)cc1F. The number of halogens is 1. The van der Waals surface area contributed by atoms with Crippen LogP contribution >= 0.6 is 0 Å². The molecule has 0 aliphatic heterocycles. The predicted molar refractivity (Wildman–Crippen MR) is 71.7 cm³/mol. The Kier molecular flexibility index (Phi) is 5.71. The first-order valence-electron chi connectivity index (χ1n) is 5.95. The lowest BCUT2D eigenvalue weighted by atomic mass is 10.2. The first-order chi connectivity index (χ1) is 8.83. The molecular weight excluding hydrogens is 271 g/mol. The molecule has 0 aliphatic rings. The Balaban J connectivity index is 2.56. The molecule has 108 valence electrons. The minimum atomic E-state index is -3.87. The minimum Gasteiger partial charge on any atom is -0.399 e. The Labute approximate surface area is 113 Å². The summed E-state index contributed by atoms with van der Waals surface area (Å²) < 4.78 is 44.6. The Hall–Kier alpha value is -1.18. The van der Waals surface area contributed by atoms with Gasteiger partial charge in [0.15, 0.2) is 0 Å². The van der Waals surface area contributed by atoms with Gasteiger partial charge in [-0.25, -0.2) is 17.5 Å².